The zero-order valence-corrected chi connectivity index (χ0v) is 22.5. The van der Waals surface area contributed by atoms with Crippen LogP contribution in [-0.4, -0.2) is 75.9 Å². The molecule has 0 amide bonds. The highest BCUT2D eigenvalue weighted by molar-refractivity contribution is 5.80. The predicted octanol–water partition coefficient (Wildman–Crippen LogP) is 4.89. The molecule has 0 N–H and O–H groups in total. The van der Waals surface area contributed by atoms with Crippen molar-refractivity contribution in [3.63, 3.8) is 0 Å². The van der Waals surface area contributed by atoms with Crippen LogP contribution >= 0.6 is 0 Å². The van der Waals surface area contributed by atoms with E-state index in [-0.39, 0.29) is 5.92 Å². The lowest BCUT2D eigenvalue weighted by molar-refractivity contribution is -0.123. The number of fused-ring (bicyclic) bond motifs is 2. The molecule has 2 unspecified atom stereocenters. The van der Waals surface area contributed by atoms with Crippen molar-refractivity contribution in [2.45, 2.75) is 116 Å². The number of nitrogens with zero attached hydrogens (tertiary/aromatic N) is 5. The molecule has 3 saturated heterocycles. The molecule has 4 heterocycles. The van der Waals surface area contributed by atoms with Crippen molar-refractivity contribution in [2.24, 2.45) is 11.8 Å². The number of piperazine rings is 1. The highest BCUT2D eigenvalue weighted by Crippen LogP contribution is 2.36. The number of anilines is 1. The summed E-state index contributed by atoms with van der Waals surface area (Å²) in [5.41, 5.74) is 1.33. The Morgan fingerprint density at radius 3 is 1.97 bits per heavy atom. The van der Waals surface area contributed by atoms with E-state index in [1.807, 2.05) is 13.8 Å². The van der Waals surface area contributed by atoms with E-state index in [4.69, 9.17) is 9.97 Å². The second-order valence-electron chi connectivity index (χ2n) is 12.5. The lowest BCUT2D eigenvalue weighted by atomic mass is 9.80. The number of carbonyl (C=O) groups is 1. The Morgan fingerprint density at radius 2 is 1.43 bits per heavy atom. The molecule has 35 heavy (non-hydrogen) atoms. The van der Waals surface area contributed by atoms with Gasteiger partial charge < -0.3 is 9.80 Å². The van der Waals surface area contributed by atoms with Crippen molar-refractivity contribution < 1.29 is 4.79 Å². The molecule has 1 aromatic rings. The van der Waals surface area contributed by atoms with Crippen LogP contribution in [0.3, 0.4) is 0 Å². The van der Waals surface area contributed by atoms with Gasteiger partial charge in [-0.05, 0) is 95.7 Å². The summed E-state index contributed by atoms with van der Waals surface area (Å²) in [6.07, 6.45) is 15.0. The van der Waals surface area contributed by atoms with Crippen LogP contribution in [0.4, 0.5) is 5.95 Å². The number of Topliss-reactive ketones (excluding diaryl/α,β-unsaturated/α-hetero) is 1. The quantitative estimate of drug-likeness (QED) is 0.553. The van der Waals surface area contributed by atoms with Gasteiger partial charge in [-0.3, -0.25) is 9.69 Å². The number of hydrogen-bond donors (Lipinski definition) is 0. The number of likely N-dealkylation sites (tertiary alicyclic amines) is 2. The van der Waals surface area contributed by atoms with Crippen molar-refractivity contribution >= 4 is 11.7 Å². The van der Waals surface area contributed by atoms with Gasteiger partial charge in [-0.1, -0.05) is 13.8 Å². The lowest BCUT2D eigenvalue weighted by Gasteiger charge is -2.43. The zero-order chi connectivity index (χ0) is 24.5. The predicted molar refractivity (Wildman–Crippen MR) is 142 cm³/mol. The number of carbonyl (C=O) groups excluding carboxylic acids is 1. The first kappa shape index (κ1) is 25.1. The summed E-state index contributed by atoms with van der Waals surface area (Å²) in [4.78, 5) is 29.8. The second-order valence-corrected chi connectivity index (χ2v) is 12.5. The molecule has 194 valence electrons. The molecule has 6 heteroatoms. The third kappa shape index (κ3) is 5.58. The Labute approximate surface area is 212 Å². The molecule has 2 bridgehead atoms. The Hall–Kier alpha value is -1.53. The summed E-state index contributed by atoms with van der Waals surface area (Å²) in [5, 5.41) is 0. The van der Waals surface area contributed by atoms with Crippen LogP contribution < -0.4 is 4.90 Å². The van der Waals surface area contributed by atoms with E-state index >= 15 is 0 Å². The molecule has 0 radical (unpaired) electrons. The summed E-state index contributed by atoms with van der Waals surface area (Å²) in [5.74, 6) is 2.81. The van der Waals surface area contributed by atoms with Gasteiger partial charge in [0.25, 0.3) is 0 Å². The monoisotopic (exact) mass is 481 g/mol. The summed E-state index contributed by atoms with van der Waals surface area (Å²) in [6, 6.07) is 2.49. The standard InChI is InChI=1S/C29H47N5O/c1-20(2)28(35)15-22-5-7-25(8-6-22)32-13-11-23(12-14-32)24-16-30-29(31-17-24)34-26-9-10-27(34)19-33(18-26)21(3)4/h16-17,20-23,25-27H,5-15,18-19H2,1-4H3/t22-,25-,26?,27?. The van der Waals surface area contributed by atoms with Crippen LogP contribution in [0, 0.1) is 11.8 Å². The maximum atomic E-state index is 12.1. The molecule has 5 rings (SSSR count). The minimum absolute atomic E-state index is 0.190. The number of ketones is 1. The Bertz CT molecular complexity index is 825. The molecule has 2 atom stereocenters. The fourth-order valence-corrected chi connectivity index (χ4v) is 7.19. The van der Waals surface area contributed by atoms with Crippen LogP contribution in [0.1, 0.15) is 97.0 Å². The fraction of sp³-hybridized carbons (Fsp3) is 0.828. The highest BCUT2D eigenvalue weighted by Gasteiger charge is 2.41. The molecule has 4 aliphatic rings. The molecular weight excluding hydrogens is 434 g/mol. The number of aromatic nitrogens is 2. The first-order valence-electron chi connectivity index (χ1n) is 14.5. The fourth-order valence-electron chi connectivity index (χ4n) is 7.19. The highest BCUT2D eigenvalue weighted by atomic mass is 16.1. The zero-order valence-electron chi connectivity index (χ0n) is 22.5. The first-order valence-corrected chi connectivity index (χ1v) is 14.5. The van der Waals surface area contributed by atoms with E-state index in [9.17, 15) is 4.79 Å². The van der Waals surface area contributed by atoms with E-state index < -0.39 is 0 Å². The Kier molecular flexibility index (Phi) is 7.78. The summed E-state index contributed by atoms with van der Waals surface area (Å²) in [7, 11) is 0. The Morgan fingerprint density at radius 1 is 0.857 bits per heavy atom. The van der Waals surface area contributed by atoms with Crippen molar-refractivity contribution in [1.82, 2.24) is 19.8 Å². The van der Waals surface area contributed by atoms with Crippen molar-refractivity contribution in [2.75, 3.05) is 31.1 Å². The third-order valence-electron chi connectivity index (χ3n) is 9.60. The van der Waals surface area contributed by atoms with Crippen LogP contribution in [0.2, 0.25) is 0 Å². The van der Waals surface area contributed by atoms with Gasteiger partial charge in [0.15, 0.2) is 0 Å². The minimum atomic E-state index is 0.190. The van der Waals surface area contributed by atoms with E-state index in [2.05, 4.69) is 40.9 Å². The van der Waals surface area contributed by atoms with Crippen LogP contribution in [0.25, 0.3) is 0 Å². The maximum Gasteiger partial charge on any atom is 0.225 e. The number of piperidine rings is 1. The molecule has 0 spiro atoms. The smallest absolute Gasteiger partial charge is 0.225 e. The number of rotatable bonds is 7. The molecule has 6 nitrogen and oxygen atoms in total. The lowest BCUT2D eigenvalue weighted by Crippen LogP contribution is -2.56. The van der Waals surface area contributed by atoms with Crippen molar-refractivity contribution in [1.29, 1.82) is 0 Å². The Balaban J connectivity index is 1.10. The second kappa shape index (κ2) is 10.8. The molecule has 1 aliphatic carbocycles. The van der Waals surface area contributed by atoms with Gasteiger partial charge in [0, 0.05) is 62.0 Å². The molecule has 4 fully saturated rings. The van der Waals surface area contributed by atoms with Gasteiger partial charge in [-0.15, -0.1) is 0 Å². The topological polar surface area (TPSA) is 52.6 Å². The van der Waals surface area contributed by atoms with Gasteiger partial charge in [-0.2, -0.15) is 0 Å². The van der Waals surface area contributed by atoms with Crippen molar-refractivity contribution in [3.05, 3.63) is 18.0 Å². The summed E-state index contributed by atoms with van der Waals surface area (Å²) in [6.45, 7) is 13.4. The molecule has 1 aromatic heterocycles. The SMILES string of the molecule is CC(C)C(=O)C[C@H]1CC[C@H](N2CCC(c3cnc(N4C5CCC4CN(C(C)C)C5)nc3)CC2)CC1. The summed E-state index contributed by atoms with van der Waals surface area (Å²) < 4.78 is 0. The van der Waals surface area contributed by atoms with Gasteiger partial charge in [0.2, 0.25) is 5.95 Å². The largest absolute Gasteiger partial charge is 0.332 e. The van der Waals surface area contributed by atoms with E-state index in [0.717, 1.165) is 31.5 Å². The molecule has 0 aromatic carbocycles. The minimum Gasteiger partial charge on any atom is -0.332 e. The number of hydrogen-bond acceptors (Lipinski definition) is 6. The van der Waals surface area contributed by atoms with E-state index in [0.29, 0.717) is 35.7 Å². The van der Waals surface area contributed by atoms with E-state index in [1.165, 1.54) is 70.0 Å². The van der Waals surface area contributed by atoms with Gasteiger partial charge >= 0.3 is 0 Å². The molecular formula is C29H47N5O. The van der Waals surface area contributed by atoms with Crippen LogP contribution in [-0.2, 0) is 4.79 Å². The average Bonchev–Trinajstić information content (AvgIpc) is 3.13. The maximum absolute atomic E-state index is 12.1. The average molecular weight is 482 g/mol. The van der Waals surface area contributed by atoms with Crippen LogP contribution in [0.5, 0.6) is 0 Å². The third-order valence-corrected chi connectivity index (χ3v) is 9.60. The summed E-state index contributed by atoms with van der Waals surface area (Å²) >= 11 is 0. The van der Waals surface area contributed by atoms with Gasteiger partial charge in [-0.25, -0.2) is 9.97 Å². The molecule has 3 aliphatic heterocycles. The normalized spacial score (nSPS) is 31.0. The van der Waals surface area contributed by atoms with E-state index in [1.54, 1.807) is 0 Å². The van der Waals surface area contributed by atoms with Crippen molar-refractivity contribution in [3.8, 4) is 0 Å². The first-order chi connectivity index (χ1) is 16.9. The van der Waals surface area contributed by atoms with Crippen LogP contribution in [0.15, 0.2) is 12.4 Å². The van der Waals surface area contributed by atoms with Gasteiger partial charge in [0.05, 0.1) is 0 Å². The molecule has 1 saturated carbocycles. The van der Waals surface area contributed by atoms with Gasteiger partial charge in [0.1, 0.15) is 5.78 Å².